The second-order valence-electron chi connectivity index (χ2n) is 3.38. The van der Waals surface area contributed by atoms with Crippen LogP contribution in [0.5, 0.6) is 5.75 Å². The molecule has 2 nitrogen and oxygen atoms in total. The van der Waals surface area contributed by atoms with Gasteiger partial charge < -0.3 is 10.5 Å². The van der Waals surface area contributed by atoms with Gasteiger partial charge in [-0.2, -0.15) is 0 Å². The molecule has 0 heterocycles. The Morgan fingerprint density at radius 1 is 1.53 bits per heavy atom. The third kappa shape index (κ3) is 2.83. The zero-order valence-electron chi connectivity index (χ0n) is 8.89. The molecule has 1 atom stereocenters. The third-order valence-electron chi connectivity index (χ3n) is 2.21. The van der Waals surface area contributed by atoms with Crippen LogP contribution in [0.15, 0.2) is 12.1 Å². The quantitative estimate of drug-likeness (QED) is 0.865. The zero-order valence-corrected chi connectivity index (χ0v) is 9.64. The molecule has 1 rings (SSSR count). The Morgan fingerprint density at radius 2 is 2.20 bits per heavy atom. The van der Waals surface area contributed by atoms with E-state index >= 15 is 0 Å². The molecule has 0 saturated carbocycles. The van der Waals surface area contributed by atoms with E-state index in [-0.39, 0.29) is 11.7 Å². The highest BCUT2D eigenvalue weighted by molar-refractivity contribution is 6.32. The maximum absolute atomic E-state index is 13.2. The normalized spacial score (nSPS) is 12.6. The Kier molecular flexibility index (Phi) is 4.36. The van der Waals surface area contributed by atoms with Crippen molar-refractivity contribution in [1.82, 2.24) is 0 Å². The molecule has 1 unspecified atom stereocenters. The summed E-state index contributed by atoms with van der Waals surface area (Å²) >= 11 is 5.91. The summed E-state index contributed by atoms with van der Waals surface area (Å²) in [4.78, 5) is 0. The Hall–Kier alpha value is -0.800. The van der Waals surface area contributed by atoms with Gasteiger partial charge in [0.15, 0.2) is 0 Å². The third-order valence-corrected chi connectivity index (χ3v) is 2.49. The van der Waals surface area contributed by atoms with Crippen molar-refractivity contribution >= 4 is 11.6 Å². The zero-order chi connectivity index (χ0) is 11.4. The molecule has 0 fully saturated rings. The Balaban J connectivity index is 3.20. The summed E-state index contributed by atoms with van der Waals surface area (Å²) in [6, 6.07) is 2.67. The molecule has 0 saturated heterocycles. The SMILES string of the molecule is CCOc1c(Cl)cc(F)cc1C(C)CN. The van der Waals surface area contributed by atoms with E-state index in [1.165, 1.54) is 12.1 Å². The van der Waals surface area contributed by atoms with Crippen molar-refractivity contribution in [2.45, 2.75) is 19.8 Å². The standard InChI is InChI=1S/C11H15ClFNO/c1-3-15-11-9(7(2)6-14)4-8(13)5-10(11)12/h4-5,7H,3,6,14H2,1-2H3. The lowest BCUT2D eigenvalue weighted by Gasteiger charge is -2.16. The minimum absolute atomic E-state index is 0.0275. The van der Waals surface area contributed by atoms with Gasteiger partial charge in [0, 0.05) is 5.56 Å². The number of rotatable bonds is 4. The average molecular weight is 232 g/mol. The molecule has 84 valence electrons. The lowest BCUT2D eigenvalue weighted by Crippen LogP contribution is -2.11. The first kappa shape index (κ1) is 12.3. The molecule has 0 radical (unpaired) electrons. The number of hydrogen-bond donors (Lipinski definition) is 1. The molecule has 0 amide bonds. The molecule has 1 aromatic rings. The van der Waals surface area contributed by atoms with Gasteiger partial charge in [-0.25, -0.2) is 4.39 Å². The van der Waals surface area contributed by atoms with Crippen molar-refractivity contribution < 1.29 is 9.13 Å². The predicted molar refractivity (Wildman–Crippen MR) is 60.0 cm³/mol. The molecule has 1 aromatic carbocycles. The fraction of sp³-hybridized carbons (Fsp3) is 0.455. The fourth-order valence-electron chi connectivity index (χ4n) is 1.37. The van der Waals surface area contributed by atoms with Crippen LogP contribution < -0.4 is 10.5 Å². The molecule has 2 N–H and O–H groups in total. The van der Waals surface area contributed by atoms with E-state index < -0.39 is 0 Å². The van der Waals surface area contributed by atoms with E-state index in [1.807, 2.05) is 13.8 Å². The van der Waals surface area contributed by atoms with Crippen molar-refractivity contribution in [3.8, 4) is 5.75 Å². The fourth-order valence-corrected chi connectivity index (χ4v) is 1.64. The van der Waals surface area contributed by atoms with Gasteiger partial charge in [-0.3, -0.25) is 0 Å². The molecule has 0 aromatic heterocycles. The van der Waals surface area contributed by atoms with Gasteiger partial charge in [0.1, 0.15) is 11.6 Å². The van der Waals surface area contributed by atoms with Gasteiger partial charge in [0.2, 0.25) is 0 Å². The molecule has 0 spiro atoms. The van der Waals surface area contributed by atoms with Gasteiger partial charge in [0.25, 0.3) is 0 Å². The van der Waals surface area contributed by atoms with Gasteiger partial charge in [0.05, 0.1) is 11.6 Å². The summed E-state index contributed by atoms with van der Waals surface area (Å²) < 4.78 is 18.6. The van der Waals surface area contributed by atoms with Crippen molar-refractivity contribution in [2.75, 3.05) is 13.2 Å². The highest BCUT2D eigenvalue weighted by Crippen LogP contribution is 2.34. The van der Waals surface area contributed by atoms with E-state index in [9.17, 15) is 4.39 Å². The average Bonchev–Trinajstić information content (AvgIpc) is 2.20. The minimum atomic E-state index is -0.362. The summed E-state index contributed by atoms with van der Waals surface area (Å²) in [6.07, 6.45) is 0. The Labute approximate surface area is 94.2 Å². The van der Waals surface area contributed by atoms with Crippen LogP contribution >= 0.6 is 11.6 Å². The number of hydrogen-bond acceptors (Lipinski definition) is 2. The van der Waals surface area contributed by atoms with Crippen molar-refractivity contribution in [1.29, 1.82) is 0 Å². The summed E-state index contributed by atoms with van der Waals surface area (Å²) in [5.41, 5.74) is 6.27. The van der Waals surface area contributed by atoms with E-state index in [0.717, 1.165) is 5.56 Å². The molecule has 0 bridgehead atoms. The highest BCUT2D eigenvalue weighted by Gasteiger charge is 2.15. The summed E-state index contributed by atoms with van der Waals surface area (Å²) in [5, 5.41) is 0.298. The lowest BCUT2D eigenvalue weighted by atomic mass is 10.00. The summed E-state index contributed by atoms with van der Waals surface area (Å²) in [7, 11) is 0. The van der Waals surface area contributed by atoms with Crippen LogP contribution in [0, 0.1) is 5.82 Å². The first-order chi connectivity index (χ1) is 7.10. The van der Waals surface area contributed by atoms with E-state index in [4.69, 9.17) is 22.1 Å². The topological polar surface area (TPSA) is 35.2 Å². The van der Waals surface area contributed by atoms with Crippen LogP contribution in [0.4, 0.5) is 4.39 Å². The molecule has 0 aliphatic heterocycles. The smallest absolute Gasteiger partial charge is 0.141 e. The number of halogens is 2. The van der Waals surface area contributed by atoms with Crippen LogP contribution in [0.2, 0.25) is 5.02 Å². The van der Waals surface area contributed by atoms with Crippen molar-refractivity contribution in [2.24, 2.45) is 5.73 Å². The monoisotopic (exact) mass is 231 g/mol. The number of ether oxygens (including phenoxy) is 1. The van der Waals surface area contributed by atoms with E-state index in [0.29, 0.717) is 23.9 Å². The molecule has 15 heavy (non-hydrogen) atoms. The molecule has 0 aliphatic carbocycles. The van der Waals surface area contributed by atoms with Crippen LogP contribution in [0.1, 0.15) is 25.3 Å². The Morgan fingerprint density at radius 3 is 2.73 bits per heavy atom. The van der Waals surface area contributed by atoms with Crippen molar-refractivity contribution in [3.63, 3.8) is 0 Å². The molecule has 4 heteroatoms. The number of nitrogens with two attached hydrogens (primary N) is 1. The maximum Gasteiger partial charge on any atom is 0.141 e. The van der Waals surface area contributed by atoms with E-state index in [2.05, 4.69) is 0 Å². The lowest BCUT2D eigenvalue weighted by molar-refractivity contribution is 0.334. The van der Waals surface area contributed by atoms with Crippen molar-refractivity contribution in [3.05, 3.63) is 28.5 Å². The summed E-state index contributed by atoms with van der Waals surface area (Å²) in [6.45, 7) is 4.69. The van der Waals surface area contributed by atoms with Crippen LogP contribution in [-0.2, 0) is 0 Å². The largest absolute Gasteiger partial charge is 0.492 e. The molecular formula is C11H15ClFNO. The van der Waals surface area contributed by atoms with Crippen LogP contribution in [0.3, 0.4) is 0 Å². The second-order valence-corrected chi connectivity index (χ2v) is 3.78. The van der Waals surface area contributed by atoms with Gasteiger partial charge >= 0.3 is 0 Å². The predicted octanol–water partition coefficient (Wildman–Crippen LogP) is 2.94. The van der Waals surface area contributed by atoms with Crippen LogP contribution in [-0.4, -0.2) is 13.2 Å². The van der Waals surface area contributed by atoms with Gasteiger partial charge in [-0.1, -0.05) is 18.5 Å². The maximum atomic E-state index is 13.2. The Bertz CT molecular complexity index is 344. The first-order valence-electron chi connectivity index (χ1n) is 4.92. The van der Waals surface area contributed by atoms with Gasteiger partial charge in [-0.15, -0.1) is 0 Å². The second kappa shape index (κ2) is 5.33. The highest BCUT2D eigenvalue weighted by atomic mass is 35.5. The van der Waals surface area contributed by atoms with E-state index in [1.54, 1.807) is 0 Å². The first-order valence-corrected chi connectivity index (χ1v) is 5.29. The minimum Gasteiger partial charge on any atom is -0.492 e. The van der Waals surface area contributed by atoms with Gasteiger partial charge in [-0.05, 0) is 31.5 Å². The number of benzene rings is 1. The molecular weight excluding hydrogens is 217 g/mol. The summed E-state index contributed by atoms with van der Waals surface area (Å²) in [5.74, 6) is 0.206. The van der Waals surface area contributed by atoms with Crippen LogP contribution in [0.25, 0.3) is 0 Å². The molecule has 0 aliphatic rings.